The summed E-state index contributed by atoms with van der Waals surface area (Å²) in [6.07, 6.45) is 4.49. The fraction of sp³-hybridized carbons (Fsp3) is 0.214. The van der Waals surface area contributed by atoms with Crippen LogP contribution in [0.5, 0.6) is 0 Å². The molecule has 0 spiro atoms. The van der Waals surface area contributed by atoms with Crippen LogP contribution < -0.4 is 4.90 Å². The molecule has 0 saturated carbocycles. The Balaban J connectivity index is 1.60. The summed E-state index contributed by atoms with van der Waals surface area (Å²) < 4.78 is 33.9. The summed E-state index contributed by atoms with van der Waals surface area (Å²) in [7, 11) is -4.10. The minimum atomic E-state index is -4.10. The van der Waals surface area contributed by atoms with Crippen LogP contribution in [0.2, 0.25) is 0 Å². The molecule has 1 fully saturated rings. The number of ether oxygens (including phenoxy) is 1. The second-order valence-corrected chi connectivity index (χ2v) is 11.0. The van der Waals surface area contributed by atoms with E-state index in [-0.39, 0.29) is 16.4 Å². The van der Waals surface area contributed by atoms with Crippen molar-refractivity contribution in [3.05, 3.63) is 99.5 Å². The highest BCUT2D eigenvalue weighted by molar-refractivity contribution is 7.90. The number of pyridine rings is 1. The molecule has 1 saturated heterocycles. The Hall–Kier alpha value is -4.35. The molecule has 0 aliphatic carbocycles. The molecule has 0 unspecified atom stereocenters. The first-order valence-electron chi connectivity index (χ1n) is 12.3. The van der Waals surface area contributed by atoms with Crippen molar-refractivity contribution < 1.29 is 22.9 Å². The molecule has 5 rings (SSSR count). The van der Waals surface area contributed by atoms with Gasteiger partial charge in [-0.2, -0.15) is 0 Å². The maximum atomic E-state index is 13.6. The molecule has 1 aliphatic rings. The first kappa shape index (κ1) is 26.3. The van der Waals surface area contributed by atoms with Gasteiger partial charge in [-0.15, -0.1) is 0 Å². The number of allylic oxidation sites excluding steroid dienone is 1. The molecular weight excluding hydrogens is 520 g/mol. The topological polar surface area (TPSA) is 125 Å². The molecule has 0 radical (unpaired) electrons. The standard InChI is InChI=1S/C28H26N4O6S/c1-19-3-10-25(20(2)29-19)28(33)12-4-21-18-31(39(36,37)24-8-5-22(6-9-24)32(34)35)27-11-7-23(17-26(21)27)30-13-15-38-16-14-30/h3-12,17-18H,13-16H2,1-2H3/b12-4+. The Labute approximate surface area is 225 Å². The molecule has 11 heteroatoms. The average Bonchev–Trinajstić information content (AvgIpc) is 3.31. The van der Waals surface area contributed by atoms with Gasteiger partial charge in [0.25, 0.3) is 15.7 Å². The van der Waals surface area contributed by atoms with Crippen LogP contribution >= 0.6 is 0 Å². The molecule has 10 nitrogen and oxygen atoms in total. The van der Waals surface area contributed by atoms with Gasteiger partial charge in [-0.3, -0.25) is 19.9 Å². The number of ketones is 1. The second-order valence-electron chi connectivity index (χ2n) is 9.22. The average molecular weight is 547 g/mol. The van der Waals surface area contributed by atoms with E-state index in [0.29, 0.717) is 54.0 Å². The molecular formula is C28H26N4O6S. The molecule has 4 aromatic rings. The molecule has 1 aliphatic heterocycles. The Morgan fingerprint density at radius 3 is 2.44 bits per heavy atom. The van der Waals surface area contributed by atoms with Crippen LogP contribution in [0.25, 0.3) is 17.0 Å². The van der Waals surface area contributed by atoms with E-state index in [0.717, 1.165) is 27.5 Å². The van der Waals surface area contributed by atoms with Gasteiger partial charge in [0.15, 0.2) is 5.78 Å². The Kier molecular flexibility index (Phi) is 7.02. The number of hydrogen-bond acceptors (Lipinski definition) is 8. The van der Waals surface area contributed by atoms with Crippen molar-refractivity contribution in [1.29, 1.82) is 0 Å². The lowest BCUT2D eigenvalue weighted by molar-refractivity contribution is -0.384. The third kappa shape index (κ3) is 5.18. The van der Waals surface area contributed by atoms with E-state index < -0.39 is 14.9 Å². The Morgan fingerprint density at radius 1 is 1.05 bits per heavy atom. The lowest BCUT2D eigenvalue weighted by atomic mass is 10.1. The molecule has 3 heterocycles. The van der Waals surface area contributed by atoms with Crippen molar-refractivity contribution >= 4 is 44.2 Å². The smallest absolute Gasteiger partial charge is 0.269 e. The number of fused-ring (bicyclic) bond motifs is 1. The Bertz CT molecular complexity index is 1720. The molecule has 39 heavy (non-hydrogen) atoms. The highest BCUT2D eigenvalue weighted by Gasteiger charge is 2.23. The van der Waals surface area contributed by atoms with Crippen molar-refractivity contribution in [2.45, 2.75) is 18.7 Å². The number of aromatic nitrogens is 2. The number of rotatable bonds is 7. The largest absolute Gasteiger partial charge is 0.378 e. The van der Waals surface area contributed by atoms with E-state index in [4.69, 9.17) is 4.74 Å². The van der Waals surface area contributed by atoms with Crippen LogP contribution in [0.4, 0.5) is 11.4 Å². The summed E-state index contributed by atoms with van der Waals surface area (Å²) in [5, 5.41) is 11.7. The quantitative estimate of drug-likeness (QED) is 0.143. The first-order valence-corrected chi connectivity index (χ1v) is 13.7. The lowest BCUT2D eigenvalue weighted by Gasteiger charge is -2.29. The van der Waals surface area contributed by atoms with Crippen LogP contribution in [-0.2, 0) is 14.8 Å². The zero-order valence-corrected chi connectivity index (χ0v) is 22.2. The number of morpholine rings is 1. The van der Waals surface area contributed by atoms with Crippen LogP contribution in [0, 0.1) is 24.0 Å². The number of carbonyl (C=O) groups excluding carboxylic acids is 1. The Morgan fingerprint density at radius 2 is 1.77 bits per heavy atom. The number of non-ortho nitro benzene ring substituents is 1. The van der Waals surface area contributed by atoms with Crippen LogP contribution in [0.1, 0.15) is 27.3 Å². The molecule has 0 N–H and O–H groups in total. The summed E-state index contributed by atoms with van der Waals surface area (Å²) >= 11 is 0. The molecule has 0 amide bonds. The van der Waals surface area contributed by atoms with Gasteiger partial charge >= 0.3 is 0 Å². The highest BCUT2D eigenvalue weighted by Crippen LogP contribution is 2.31. The molecule has 2 aromatic heterocycles. The van der Waals surface area contributed by atoms with Crippen LogP contribution in [0.15, 0.2) is 71.8 Å². The fourth-order valence-electron chi connectivity index (χ4n) is 4.62. The number of aryl methyl sites for hydroxylation is 2. The molecule has 0 atom stereocenters. The SMILES string of the molecule is Cc1ccc(C(=O)/C=C/c2cn(S(=O)(=O)c3ccc([N+](=O)[O-])cc3)c3ccc(N4CCOCC4)cc23)c(C)n1. The number of nitro benzene ring substituents is 1. The predicted molar refractivity (Wildman–Crippen MR) is 148 cm³/mol. The van der Waals surface area contributed by atoms with E-state index in [2.05, 4.69) is 9.88 Å². The van der Waals surface area contributed by atoms with Gasteiger partial charge in [-0.1, -0.05) is 0 Å². The number of benzene rings is 2. The predicted octanol–water partition coefficient (Wildman–Crippen LogP) is 4.53. The number of anilines is 1. The molecule has 0 bridgehead atoms. The second kappa shape index (κ2) is 10.4. The van der Waals surface area contributed by atoms with Crippen molar-refractivity contribution in [2.24, 2.45) is 0 Å². The number of carbonyl (C=O) groups is 1. The van der Waals surface area contributed by atoms with Crippen molar-refractivity contribution in [3.63, 3.8) is 0 Å². The fourth-order valence-corrected chi connectivity index (χ4v) is 6.00. The number of nitrogens with zero attached hydrogens (tertiary/aromatic N) is 4. The number of hydrogen-bond donors (Lipinski definition) is 0. The van der Waals surface area contributed by atoms with Gasteiger partial charge in [0, 0.05) is 65.0 Å². The summed E-state index contributed by atoms with van der Waals surface area (Å²) in [4.78, 5) is 29.9. The van der Waals surface area contributed by atoms with Crippen molar-refractivity contribution in [1.82, 2.24) is 8.96 Å². The van der Waals surface area contributed by atoms with Crippen molar-refractivity contribution in [3.8, 4) is 0 Å². The molecule has 2 aromatic carbocycles. The first-order chi connectivity index (χ1) is 18.6. The third-order valence-corrected chi connectivity index (χ3v) is 8.36. The van der Waals surface area contributed by atoms with E-state index in [1.807, 2.05) is 19.1 Å². The van der Waals surface area contributed by atoms with Crippen LogP contribution in [0.3, 0.4) is 0 Å². The third-order valence-electron chi connectivity index (χ3n) is 6.67. The van der Waals surface area contributed by atoms with Crippen molar-refractivity contribution in [2.75, 3.05) is 31.2 Å². The molecule has 200 valence electrons. The maximum absolute atomic E-state index is 13.6. The van der Waals surface area contributed by atoms with Gasteiger partial charge in [0.05, 0.1) is 28.5 Å². The van der Waals surface area contributed by atoms with E-state index in [9.17, 15) is 23.3 Å². The summed E-state index contributed by atoms with van der Waals surface area (Å²) in [6, 6.07) is 13.7. The van der Waals surface area contributed by atoms with Gasteiger partial charge in [-0.05, 0) is 68.5 Å². The maximum Gasteiger partial charge on any atom is 0.269 e. The summed E-state index contributed by atoms with van der Waals surface area (Å²) in [5.74, 6) is -0.247. The lowest BCUT2D eigenvalue weighted by Crippen LogP contribution is -2.36. The zero-order valence-electron chi connectivity index (χ0n) is 21.4. The summed E-state index contributed by atoms with van der Waals surface area (Å²) in [5.41, 5.74) is 3.56. The van der Waals surface area contributed by atoms with E-state index >= 15 is 0 Å². The zero-order chi connectivity index (χ0) is 27.7. The van der Waals surface area contributed by atoms with Gasteiger partial charge in [0.2, 0.25) is 0 Å². The summed E-state index contributed by atoms with van der Waals surface area (Å²) in [6.45, 7) is 6.22. The highest BCUT2D eigenvalue weighted by atomic mass is 32.2. The normalized spacial score (nSPS) is 14.3. The van der Waals surface area contributed by atoms with E-state index in [1.165, 1.54) is 24.4 Å². The number of nitro groups is 1. The van der Waals surface area contributed by atoms with E-state index in [1.54, 1.807) is 31.2 Å². The van der Waals surface area contributed by atoms with Crippen LogP contribution in [-0.4, -0.2) is 54.4 Å². The minimum absolute atomic E-state index is 0.0878. The van der Waals surface area contributed by atoms with Gasteiger partial charge < -0.3 is 9.64 Å². The van der Waals surface area contributed by atoms with Gasteiger partial charge in [-0.25, -0.2) is 12.4 Å². The van der Waals surface area contributed by atoms with Gasteiger partial charge in [0.1, 0.15) is 0 Å². The minimum Gasteiger partial charge on any atom is -0.378 e. The monoisotopic (exact) mass is 546 g/mol.